The number of carbonyl (C=O) groups excluding carboxylic acids is 1. The van der Waals surface area contributed by atoms with Crippen LogP contribution in [0.4, 0.5) is 17.6 Å². The van der Waals surface area contributed by atoms with Crippen molar-refractivity contribution in [2.24, 2.45) is 0 Å². The van der Waals surface area contributed by atoms with Gasteiger partial charge < -0.3 is 9.64 Å². The minimum Gasteiger partial charge on any atom is -0.379 e. The molecule has 0 saturated carbocycles. The molecule has 2 fully saturated rings. The lowest BCUT2D eigenvalue weighted by atomic mass is 9.93. The van der Waals surface area contributed by atoms with E-state index in [1.165, 1.54) is 6.07 Å². The number of halogens is 5. The van der Waals surface area contributed by atoms with Crippen LogP contribution in [0, 0.1) is 5.82 Å². The van der Waals surface area contributed by atoms with Crippen molar-refractivity contribution >= 4 is 17.5 Å². The van der Waals surface area contributed by atoms with Crippen LogP contribution in [0.5, 0.6) is 0 Å². The predicted octanol–water partition coefficient (Wildman–Crippen LogP) is 5.43. The smallest absolute Gasteiger partial charge is 0.379 e. The molecule has 0 aliphatic carbocycles. The third-order valence-electron chi connectivity index (χ3n) is 7.47. The number of nitrogens with zero attached hydrogens (tertiary/aromatic N) is 3. The molecule has 0 N–H and O–H groups in total. The van der Waals surface area contributed by atoms with Crippen molar-refractivity contribution in [3.63, 3.8) is 0 Å². The van der Waals surface area contributed by atoms with E-state index in [1.54, 1.807) is 6.07 Å². The van der Waals surface area contributed by atoms with E-state index < -0.39 is 17.6 Å². The molecule has 2 aliphatic heterocycles. The van der Waals surface area contributed by atoms with Crippen molar-refractivity contribution in [2.75, 3.05) is 53.0 Å². The molecule has 2 atom stereocenters. The van der Waals surface area contributed by atoms with Crippen LogP contribution >= 0.6 is 11.6 Å². The second-order valence-electron chi connectivity index (χ2n) is 10.2. The Balaban J connectivity index is 1.41. The fourth-order valence-corrected chi connectivity index (χ4v) is 5.59. The van der Waals surface area contributed by atoms with Gasteiger partial charge in [0, 0.05) is 56.1 Å². The van der Waals surface area contributed by atoms with Gasteiger partial charge >= 0.3 is 6.18 Å². The zero-order valence-electron chi connectivity index (χ0n) is 21.5. The number of unbranched alkanes of at least 4 members (excludes halogenated alkanes) is 1. The third kappa shape index (κ3) is 7.46. The molecule has 10 heteroatoms. The molecule has 2 aromatic carbocycles. The molecule has 0 bridgehead atoms. The fourth-order valence-electron chi connectivity index (χ4n) is 5.39. The summed E-state index contributed by atoms with van der Waals surface area (Å²) in [5.74, 6) is -1.22. The lowest BCUT2D eigenvalue weighted by molar-refractivity contribution is -0.140. The maximum Gasteiger partial charge on any atom is 0.419 e. The summed E-state index contributed by atoms with van der Waals surface area (Å²) in [7, 11) is 1.86. The van der Waals surface area contributed by atoms with Gasteiger partial charge in [-0.1, -0.05) is 29.8 Å². The lowest BCUT2D eigenvalue weighted by Crippen LogP contribution is -2.38. The van der Waals surface area contributed by atoms with Gasteiger partial charge in [-0.3, -0.25) is 14.6 Å². The first-order chi connectivity index (χ1) is 18.1. The van der Waals surface area contributed by atoms with E-state index in [1.807, 2.05) is 35.0 Å². The van der Waals surface area contributed by atoms with E-state index in [4.69, 9.17) is 16.3 Å². The normalized spacial score (nSPS) is 20.9. The Morgan fingerprint density at radius 3 is 2.55 bits per heavy atom. The highest BCUT2D eigenvalue weighted by Crippen LogP contribution is 2.34. The number of likely N-dealkylation sites (tertiary alicyclic amines) is 1. The molecule has 2 saturated heterocycles. The van der Waals surface area contributed by atoms with Crippen LogP contribution in [0.15, 0.2) is 42.5 Å². The molecular weight excluding hydrogens is 522 g/mol. The first-order valence-electron chi connectivity index (χ1n) is 13.0. The van der Waals surface area contributed by atoms with Crippen LogP contribution in [0.25, 0.3) is 0 Å². The van der Waals surface area contributed by atoms with Gasteiger partial charge in [0.1, 0.15) is 5.82 Å². The number of hydrogen-bond donors (Lipinski definition) is 0. The van der Waals surface area contributed by atoms with Crippen LogP contribution in [0.1, 0.15) is 41.9 Å². The number of benzene rings is 2. The van der Waals surface area contributed by atoms with E-state index >= 15 is 0 Å². The molecule has 0 unspecified atom stereocenters. The Labute approximate surface area is 226 Å². The number of morpholine rings is 1. The Hall–Kier alpha value is -2.20. The molecule has 38 heavy (non-hydrogen) atoms. The van der Waals surface area contributed by atoms with Crippen molar-refractivity contribution in [2.45, 2.75) is 43.9 Å². The predicted molar refractivity (Wildman–Crippen MR) is 139 cm³/mol. The maximum atomic E-state index is 14.2. The van der Waals surface area contributed by atoms with Crippen LogP contribution in [0.3, 0.4) is 0 Å². The highest BCUT2D eigenvalue weighted by atomic mass is 35.5. The van der Waals surface area contributed by atoms with Gasteiger partial charge in [0.25, 0.3) is 0 Å². The van der Waals surface area contributed by atoms with E-state index in [2.05, 4.69) is 4.90 Å². The number of rotatable bonds is 9. The minimum absolute atomic E-state index is 0.0321. The SMILES string of the molecule is CN(Cc1ccc(C(F)(F)F)c(F)c1)[C@@H]1CN(C(=O)CCCCN2CCOCC2)C[C@@H]1c1cccc(Cl)c1. The van der Waals surface area contributed by atoms with E-state index in [9.17, 15) is 22.4 Å². The highest BCUT2D eigenvalue weighted by molar-refractivity contribution is 6.30. The standard InChI is InChI=1S/C28H34ClF4N3O2/c1-34(17-20-8-9-24(25(30)15-20)28(31,32)33)26-19-36(18-23(26)21-5-4-6-22(29)16-21)27(37)7-2-3-10-35-11-13-38-14-12-35/h4-6,8-9,15-16,23,26H,2-3,7,10-14,17-19H2,1H3/t23-,26-/m1/s1. The van der Waals surface area contributed by atoms with Crippen molar-refractivity contribution in [3.05, 3.63) is 70.0 Å². The van der Waals surface area contributed by atoms with Crippen LogP contribution in [0.2, 0.25) is 5.02 Å². The molecule has 2 aliphatic rings. The average Bonchev–Trinajstić information content (AvgIpc) is 3.32. The molecule has 2 aromatic rings. The van der Waals surface area contributed by atoms with Crippen molar-refractivity contribution < 1.29 is 27.1 Å². The maximum absolute atomic E-state index is 14.2. The summed E-state index contributed by atoms with van der Waals surface area (Å²) < 4.78 is 58.5. The summed E-state index contributed by atoms with van der Waals surface area (Å²) >= 11 is 6.26. The number of carbonyl (C=O) groups is 1. The fraction of sp³-hybridized carbons (Fsp3) is 0.536. The van der Waals surface area contributed by atoms with Crippen LogP contribution in [-0.2, 0) is 22.3 Å². The second-order valence-corrected chi connectivity index (χ2v) is 10.6. The van der Waals surface area contributed by atoms with Crippen molar-refractivity contribution in [1.82, 2.24) is 14.7 Å². The molecule has 1 amide bonds. The number of alkyl halides is 3. The Morgan fingerprint density at radius 2 is 1.87 bits per heavy atom. The molecule has 2 heterocycles. The number of hydrogen-bond acceptors (Lipinski definition) is 4. The quantitative estimate of drug-likeness (QED) is 0.305. The zero-order chi connectivity index (χ0) is 27.3. The van der Waals surface area contributed by atoms with Crippen LogP contribution in [-0.4, -0.2) is 79.6 Å². The van der Waals surface area contributed by atoms with E-state index in [0.717, 1.165) is 63.4 Å². The summed E-state index contributed by atoms with van der Waals surface area (Å²) in [6.45, 7) is 5.58. The van der Waals surface area contributed by atoms with Gasteiger partial charge in [-0.25, -0.2) is 4.39 Å². The van der Waals surface area contributed by atoms with Gasteiger partial charge in [-0.15, -0.1) is 0 Å². The van der Waals surface area contributed by atoms with Gasteiger partial charge in [0.15, 0.2) is 0 Å². The molecular formula is C28H34ClF4N3O2. The van der Waals surface area contributed by atoms with Gasteiger partial charge in [-0.05, 0) is 61.8 Å². The minimum atomic E-state index is -4.74. The van der Waals surface area contributed by atoms with Gasteiger partial charge in [0.2, 0.25) is 5.91 Å². The van der Waals surface area contributed by atoms with Crippen molar-refractivity contribution in [1.29, 1.82) is 0 Å². The topological polar surface area (TPSA) is 36.0 Å². The number of amides is 1. The molecule has 0 radical (unpaired) electrons. The van der Waals surface area contributed by atoms with Gasteiger partial charge in [0.05, 0.1) is 18.8 Å². The molecule has 208 valence electrons. The summed E-state index contributed by atoms with van der Waals surface area (Å²) in [6, 6.07) is 10.5. The Bertz CT molecular complexity index is 1090. The molecule has 4 rings (SSSR count). The molecule has 0 spiro atoms. The molecule has 0 aromatic heterocycles. The first kappa shape index (κ1) is 28.8. The van der Waals surface area contributed by atoms with Crippen molar-refractivity contribution in [3.8, 4) is 0 Å². The number of ether oxygens (including phenoxy) is 1. The summed E-state index contributed by atoms with van der Waals surface area (Å²) in [5.41, 5.74) is 0.165. The van der Waals surface area contributed by atoms with E-state index in [-0.39, 0.29) is 24.4 Å². The zero-order valence-corrected chi connectivity index (χ0v) is 22.3. The van der Waals surface area contributed by atoms with Crippen LogP contribution < -0.4 is 0 Å². The first-order valence-corrected chi connectivity index (χ1v) is 13.4. The summed E-state index contributed by atoms with van der Waals surface area (Å²) in [6.07, 6.45) is -2.52. The largest absolute Gasteiger partial charge is 0.419 e. The van der Waals surface area contributed by atoms with Gasteiger partial charge in [-0.2, -0.15) is 13.2 Å². The summed E-state index contributed by atoms with van der Waals surface area (Å²) in [4.78, 5) is 19.3. The summed E-state index contributed by atoms with van der Waals surface area (Å²) in [5, 5.41) is 0.599. The lowest BCUT2D eigenvalue weighted by Gasteiger charge is -2.29. The average molecular weight is 556 g/mol. The highest BCUT2D eigenvalue weighted by Gasteiger charge is 2.39. The Kier molecular flexibility index (Phi) is 9.68. The third-order valence-corrected chi connectivity index (χ3v) is 7.71. The number of likely N-dealkylation sites (N-methyl/N-ethyl adjacent to an activating group) is 1. The van der Waals surface area contributed by atoms with E-state index in [0.29, 0.717) is 30.1 Å². The Morgan fingerprint density at radius 1 is 1.11 bits per heavy atom. The molecule has 5 nitrogen and oxygen atoms in total. The monoisotopic (exact) mass is 555 g/mol. The second kappa shape index (κ2) is 12.8.